The third kappa shape index (κ3) is 4.62. The zero-order chi connectivity index (χ0) is 19.4. The largest absolute Gasteiger partial charge is 0.379 e. The second-order valence-corrected chi connectivity index (χ2v) is 7.31. The lowest BCUT2D eigenvalue weighted by atomic mass is 9.96. The Bertz CT molecular complexity index is 896. The third-order valence-electron chi connectivity index (χ3n) is 4.42. The molecule has 1 saturated heterocycles. The van der Waals surface area contributed by atoms with Crippen molar-refractivity contribution >= 4 is 39.2 Å². The maximum absolute atomic E-state index is 11.7. The molecular formula is C19H20BrN5O2. The molecule has 2 aromatic rings. The highest BCUT2D eigenvalue weighted by molar-refractivity contribution is 9.10. The van der Waals surface area contributed by atoms with E-state index in [1.165, 1.54) is 6.92 Å². The number of nitriles is 1. The number of halogens is 1. The van der Waals surface area contributed by atoms with E-state index in [0.29, 0.717) is 42.7 Å². The summed E-state index contributed by atoms with van der Waals surface area (Å²) in [5.41, 5.74) is 2.18. The minimum Gasteiger partial charge on any atom is -0.379 e. The molecular weight excluding hydrogens is 410 g/mol. The number of nitrogens with one attached hydrogen (secondary N) is 2. The van der Waals surface area contributed by atoms with E-state index >= 15 is 0 Å². The maximum atomic E-state index is 11.7. The summed E-state index contributed by atoms with van der Waals surface area (Å²) in [7, 11) is 0. The van der Waals surface area contributed by atoms with Crippen molar-refractivity contribution in [3.05, 3.63) is 40.0 Å². The number of carbonyl (C=O) groups excluding carboxylic acids is 1. The summed E-state index contributed by atoms with van der Waals surface area (Å²) < 4.78 is 6.23. The Morgan fingerprint density at radius 2 is 2.26 bits per heavy atom. The fourth-order valence-electron chi connectivity index (χ4n) is 2.86. The maximum Gasteiger partial charge on any atom is 0.229 e. The molecule has 2 N–H and O–H groups in total. The van der Waals surface area contributed by atoms with Gasteiger partial charge in [0, 0.05) is 34.1 Å². The number of nitrogens with zero attached hydrogens (tertiary/aromatic N) is 3. The second-order valence-electron chi connectivity index (χ2n) is 6.45. The van der Waals surface area contributed by atoms with E-state index in [2.05, 4.69) is 42.6 Å². The molecule has 3 rings (SSSR count). The van der Waals surface area contributed by atoms with Crippen molar-refractivity contribution in [3.63, 3.8) is 0 Å². The lowest BCUT2D eigenvalue weighted by molar-refractivity contribution is 0.0698. The van der Waals surface area contributed by atoms with Crippen LogP contribution in [0.15, 0.2) is 28.9 Å². The average Bonchev–Trinajstić information content (AvgIpc) is 2.66. The number of hydrogen-bond donors (Lipinski definition) is 2. The highest BCUT2D eigenvalue weighted by Gasteiger charge is 2.26. The number of ether oxygens (including phenoxy) is 1. The van der Waals surface area contributed by atoms with Crippen LogP contribution in [0.5, 0.6) is 0 Å². The predicted octanol–water partition coefficient (Wildman–Crippen LogP) is 3.83. The number of rotatable bonds is 5. The second kappa shape index (κ2) is 8.46. The summed E-state index contributed by atoms with van der Waals surface area (Å²) in [4.78, 5) is 20.6. The van der Waals surface area contributed by atoms with Crippen molar-refractivity contribution in [1.29, 1.82) is 5.26 Å². The van der Waals surface area contributed by atoms with Gasteiger partial charge in [0.2, 0.25) is 5.95 Å². The summed E-state index contributed by atoms with van der Waals surface area (Å²) in [5, 5.41) is 15.8. The molecule has 1 aromatic heterocycles. The van der Waals surface area contributed by atoms with Crippen molar-refractivity contribution in [3.8, 4) is 6.07 Å². The van der Waals surface area contributed by atoms with Crippen LogP contribution in [-0.2, 0) is 4.74 Å². The Labute approximate surface area is 166 Å². The average molecular weight is 430 g/mol. The van der Waals surface area contributed by atoms with Crippen LogP contribution in [0, 0.1) is 24.2 Å². The van der Waals surface area contributed by atoms with E-state index in [0.717, 1.165) is 10.0 Å². The van der Waals surface area contributed by atoms with Crippen LogP contribution in [0.1, 0.15) is 29.3 Å². The molecule has 140 valence electrons. The van der Waals surface area contributed by atoms with Crippen molar-refractivity contribution in [2.45, 2.75) is 26.3 Å². The van der Waals surface area contributed by atoms with E-state index in [4.69, 9.17) is 4.74 Å². The molecule has 0 saturated carbocycles. The molecule has 8 heteroatoms. The molecule has 27 heavy (non-hydrogen) atoms. The number of anilines is 3. The lowest BCUT2D eigenvalue weighted by Gasteiger charge is -2.28. The Hall–Kier alpha value is -2.50. The van der Waals surface area contributed by atoms with Gasteiger partial charge in [-0.05, 0) is 38.5 Å². The van der Waals surface area contributed by atoms with Gasteiger partial charge in [0.05, 0.1) is 24.6 Å². The first-order chi connectivity index (χ1) is 13.0. The smallest absolute Gasteiger partial charge is 0.229 e. The zero-order valence-corrected chi connectivity index (χ0v) is 16.7. The first-order valence-corrected chi connectivity index (χ1v) is 9.42. The summed E-state index contributed by atoms with van der Waals surface area (Å²) >= 11 is 3.38. The molecule has 0 spiro atoms. The summed E-state index contributed by atoms with van der Waals surface area (Å²) in [6, 6.07) is 7.63. The molecule has 1 aliphatic rings. The number of Topliss-reactive ketones (excluding diaryl/α,β-unsaturated/α-hetero) is 1. The molecule has 1 fully saturated rings. The third-order valence-corrected chi connectivity index (χ3v) is 5.11. The SMILES string of the molecule is CC(=O)c1cc(Nc2ncc(C)c(N[C@H]3COCCC3C#N)n2)ccc1Br. The number of aryl methyl sites for hydroxylation is 1. The zero-order valence-electron chi connectivity index (χ0n) is 15.1. The first kappa shape index (κ1) is 19.3. The lowest BCUT2D eigenvalue weighted by Crippen LogP contribution is -2.38. The monoisotopic (exact) mass is 429 g/mol. The van der Waals surface area contributed by atoms with Gasteiger partial charge in [0.1, 0.15) is 5.82 Å². The van der Waals surface area contributed by atoms with Gasteiger partial charge in [0.15, 0.2) is 5.78 Å². The quantitative estimate of drug-likeness (QED) is 0.696. The van der Waals surface area contributed by atoms with E-state index in [-0.39, 0.29) is 17.7 Å². The first-order valence-electron chi connectivity index (χ1n) is 8.63. The number of benzene rings is 1. The van der Waals surface area contributed by atoms with Crippen LogP contribution in [0.4, 0.5) is 17.5 Å². The van der Waals surface area contributed by atoms with E-state index in [9.17, 15) is 10.1 Å². The van der Waals surface area contributed by atoms with Gasteiger partial charge in [-0.15, -0.1) is 0 Å². The summed E-state index contributed by atoms with van der Waals surface area (Å²) in [6.07, 6.45) is 2.42. The Morgan fingerprint density at radius 1 is 1.44 bits per heavy atom. The van der Waals surface area contributed by atoms with Crippen LogP contribution in [0.2, 0.25) is 0 Å². The van der Waals surface area contributed by atoms with Gasteiger partial charge in [-0.1, -0.05) is 15.9 Å². The summed E-state index contributed by atoms with van der Waals surface area (Å²) in [5.74, 6) is 0.920. The molecule has 1 unspecified atom stereocenters. The van der Waals surface area contributed by atoms with Gasteiger partial charge in [-0.2, -0.15) is 10.2 Å². The van der Waals surface area contributed by atoms with Gasteiger partial charge in [0.25, 0.3) is 0 Å². The molecule has 7 nitrogen and oxygen atoms in total. The highest BCUT2D eigenvalue weighted by atomic mass is 79.9. The molecule has 0 bridgehead atoms. The van der Waals surface area contributed by atoms with Crippen LogP contribution in [-0.4, -0.2) is 35.0 Å². The van der Waals surface area contributed by atoms with Crippen molar-refractivity contribution in [2.75, 3.05) is 23.8 Å². The van der Waals surface area contributed by atoms with Crippen LogP contribution in [0.3, 0.4) is 0 Å². The Morgan fingerprint density at radius 3 is 3.00 bits per heavy atom. The standard InChI is InChI=1S/C19H20BrN5O2/c1-11-9-22-19(23-14-3-4-16(20)15(7-14)12(2)26)25-18(11)24-17-10-27-6-5-13(17)8-21/h3-4,7,9,13,17H,5-6,10H2,1-2H3,(H2,22,23,24,25)/t13?,17-/m0/s1. The van der Waals surface area contributed by atoms with Gasteiger partial charge in [-0.3, -0.25) is 4.79 Å². The number of hydrogen-bond acceptors (Lipinski definition) is 7. The molecule has 2 atom stereocenters. The van der Waals surface area contributed by atoms with E-state index in [1.54, 1.807) is 12.3 Å². The highest BCUT2D eigenvalue weighted by Crippen LogP contribution is 2.25. The molecule has 0 aliphatic carbocycles. The molecule has 0 amide bonds. The van der Waals surface area contributed by atoms with Crippen LogP contribution >= 0.6 is 15.9 Å². The molecule has 0 radical (unpaired) electrons. The fourth-order valence-corrected chi connectivity index (χ4v) is 3.39. The fraction of sp³-hybridized carbons (Fsp3) is 0.368. The number of ketones is 1. The molecule has 1 aliphatic heterocycles. The predicted molar refractivity (Wildman–Crippen MR) is 106 cm³/mol. The Balaban J connectivity index is 1.80. The van der Waals surface area contributed by atoms with Gasteiger partial charge in [-0.25, -0.2) is 4.98 Å². The van der Waals surface area contributed by atoms with Gasteiger partial charge >= 0.3 is 0 Å². The minimum absolute atomic E-state index is 0.0300. The normalized spacial score (nSPS) is 19.2. The van der Waals surface area contributed by atoms with E-state index in [1.807, 2.05) is 19.1 Å². The number of carbonyl (C=O) groups is 1. The van der Waals surface area contributed by atoms with E-state index < -0.39 is 0 Å². The van der Waals surface area contributed by atoms with Crippen molar-refractivity contribution in [1.82, 2.24) is 9.97 Å². The topological polar surface area (TPSA) is 99.9 Å². The van der Waals surface area contributed by atoms with Crippen LogP contribution < -0.4 is 10.6 Å². The van der Waals surface area contributed by atoms with Crippen molar-refractivity contribution < 1.29 is 9.53 Å². The summed E-state index contributed by atoms with van der Waals surface area (Å²) in [6.45, 7) is 4.50. The molecule has 2 heterocycles. The van der Waals surface area contributed by atoms with Crippen molar-refractivity contribution in [2.24, 2.45) is 5.92 Å². The van der Waals surface area contributed by atoms with Crippen LogP contribution in [0.25, 0.3) is 0 Å². The number of aromatic nitrogens is 2. The Kier molecular flexibility index (Phi) is 6.04. The van der Waals surface area contributed by atoms with Gasteiger partial charge < -0.3 is 15.4 Å². The molecule has 1 aromatic carbocycles. The minimum atomic E-state index is -0.117.